The Hall–Kier alpha value is -1.83. The van der Waals surface area contributed by atoms with Gasteiger partial charge in [0.25, 0.3) is 0 Å². The summed E-state index contributed by atoms with van der Waals surface area (Å²) in [7, 11) is 0. The Bertz CT molecular complexity index is 690. The summed E-state index contributed by atoms with van der Waals surface area (Å²) in [5.41, 5.74) is 0.663. The lowest BCUT2D eigenvalue weighted by Gasteiger charge is -2.22. The number of imide groups is 1. The highest BCUT2D eigenvalue weighted by atomic mass is 35.5. The molecule has 1 aromatic rings. The van der Waals surface area contributed by atoms with Crippen molar-refractivity contribution in [3.05, 3.63) is 28.8 Å². The first-order chi connectivity index (χ1) is 9.89. The minimum Gasteiger partial charge on any atom is -0.384 e. The van der Waals surface area contributed by atoms with Crippen LogP contribution in [0.5, 0.6) is 0 Å². The molecule has 4 nitrogen and oxygen atoms in total. The first kappa shape index (κ1) is 14.1. The van der Waals surface area contributed by atoms with E-state index in [0.717, 1.165) is 0 Å². The molecule has 2 unspecified atom stereocenters. The molecule has 1 aliphatic carbocycles. The number of carbonyl (C=O) groups is 2. The summed E-state index contributed by atoms with van der Waals surface area (Å²) in [5, 5.41) is 9.24. The summed E-state index contributed by atoms with van der Waals surface area (Å²) in [6.45, 7) is 3.57. The van der Waals surface area contributed by atoms with Crippen LogP contribution in [0.15, 0.2) is 18.2 Å². The fraction of sp³-hybridized carbons (Fsp3) is 0.375. The van der Waals surface area contributed by atoms with E-state index in [-0.39, 0.29) is 35.7 Å². The molecule has 1 saturated carbocycles. The SMILES string of the molecule is CC1(C)C2C(=O)N(c3cc(Cl)ccc3C#CCO)C(=O)C21. The van der Waals surface area contributed by atoms with Gasteiger partial charge in [-0.05, 0) is 23.6 Å². The summed E-state index contributed by atoms with van der Waals surface area (Å²) < 4.78 is 0. The third-order valence-electron chi connectivity index (χ3n) is 4.30. The molecule has 0 radical (unpaired) electrons. The monoisotopic (exact) mass is 303 g/mol. The number of nitrogens with zero attached hydrogens (tertiary/aromatic N) is 1. The summed E-state index contributed by atoms with van der Waals surface area (Å²) in [6.07, 6.45) is 0. The minimum atomic E-state index is -0.289. The normalized spacial score (nSPS) is 25.4. The van der Waals surface area contributed by atoms with Crippen LogP contribution in [0.2, 0.25) is 5.02 Å². The highest BCUT2D eigenvalue weighted by Gasteiger charge is 2.72. The van der Waals surface area contributed by atoms with E-state index in [9.17, 15) is 9.59 Å². The molecule has 5 heteroatoms. The first-order valence-electron chi connectivity index (χ1n) is 6.66. The minimum absolute atomic E-state index is 0.190. The van der Waals surface area contributed by atoms with Crippen LogP contribution in [0.1, 0.15) is 19.4 Å². The second-order valence-corrected chi connectivity index (χ2v) is 6.35. The van der Waals surface area contributed by atoms with Crippen molar-refractivity contribution >= 4 is 29.1 Å². The number of hydrogen-bond donors (Lipinski definition) is 1. The van der Waals surface area contributed by atoms with Gasteiger partial charge in [-0.2, -0.15) is 0 Å². The van der Waals surface area contributed by atoms with Gasteiger partial charge >= 0.3 is 0 Å². The standard InChI is InChI=1S/C16H14ClNO3/c1-16(2)12-13(16)15(21)18(14(12)20)11-8-10(17)6-5-9(11)4-3-7-19/h5-6,8,12-13,19H,7H2,1-2H3. The molecule has 2 aliphatic rings. The highest BCUT2D eigenvalue weighted by Crippen LogP contribution is 2.63. The molecule has 3 rings (SSSR count). The van der Waals surface area contributed by atoms with E-state index in [4.69, 9.17) is 16.7 Å². The summed E-state index contributed by atoms with van der Waals surface area (Å²) in [4.78, 5) is 26.1. The lowest BCUT2D eigenvalue weighted by atomic mass is 10.0. The van der Waals surface area contributed by atoms with Crippen LogP contribution < -0.4 is 4.90 Å². The third-order valence-corrected chi connectivity index (χ3v) is 4.54. The van der Waals surface area contributed by atoms with Gasteiger partial charge in [0.1, 0.15) is 6.61 Å². The van der Waals surface area contributed by atoms with Gasteiger partial charge < -0.3 is 5.11 Å². The van der Waals surface area contributed by atoms with Gasteiger partial charge in [-0.1, -0.05) is 37.3 Å². The molecule has 1 aliphatic heterocycles. The van der Waals surface area contributed by atoms with Gasteiger partial charge in [-0.3, -0.25) is 9.59 Å². The topological polar surface area (TPSA) is 57.6 Å². The summed E-state index contributed by atoms with van der Waals surface area (Å²) >= 11 is 5.98. The van der Waals surface area contributed by atoms with Crippen LogP contribution in [0.25, 0.3) is 0 Å². The summed E-state index contributed by atoms with van der Waals surface area (Å²) in [5.74, 6) is 4.41. The fourth-order valence-corrected chi connectivity index (χ4v) is 3.28. The first-order valence-corrected chi connectivity index (χ1v) is 7.04. The van der Waals surface area contributed by atoms with Gasteiger partial charge in [0.05, 0.1) is 17.5 Å². The molecule has 0 aromatic heterocycles. The molecule has 1 aromatic carbocycles. The van der Waals surface area contributed by atoms with Gasteiger partial charge in [0, 0.05) is 10.6 Å². The van der Waals surface area contributed by atoms with Crippen LogP contribution in [-0.4, -0.2) is 23.5 Å². The lowest BCUT2D eigenvalue weighted by Crippen LogP contribution is -2.36. The average molecular weight is 304 g/mol. The number of fused-ring (bicyclic) bond motifs is 1. The smallest absolute Gasteiger partial charge is 0.238 e. The molecule has 0 bridgehead atoms. The predicted molar refractivity (Wildman–Crippen MR) is 78.7 cm³/mol. The molecule has 0 spiro atoms. The number of aliphatic hydroxyl groups is 1. The van der Waals surface area contributed by atoms with Crippen LogP contribution >= 0.6 is 11.6 Å². The van der Waals surface area contributed by atoms with Crippen molar-refractivity contribution in [3.63, 3.8) is 0 Å². The molecule has 1 heterocycles. The second kappa shape index (κ2) is 4.59. The number of amides is 2. The molecule has 1 N–H and O–H groups in total. The molecule has 2 amide bonds. The Balaban J connectivity index is 2.04. The highest BCUT2D eigenvalue weighted by molar-refractivity contribution is 6.32. The van der Waals surface area contributed by atoms with Crippen LogP contribution in [0.3, 0.4) is 0 Å². The van der Waals surface area contributed by atoms with Crippen molar-refractivity contribution in [2.45, 2.75) is 13.8 Å². The number of rotatable bonds is 1. The zero-order valence-electron chi connectivity index (χ0n) is 11.7. The van der Waals surface area contributed by atoms with E-state index in [1.165, 1.54) is 4.90 Å². The lowest BCUT2D eigenvalue weighted by molar-refractivity contribution is -0.125. The molecule has 2 atom stereocenters. The number of halogens is 1. The third kappa shape index (κ3) is 1.97. The summed E-state index contributed by atoms with van der Waals surface area (Å²) in [6, 6.07) is 4.86. The van der Waals surface area contributed by atoms with E-state index in [0.29, 0.717) is 16.3 Å². The van der Waals surface area contributed by atoms with Crippen LogP contribution in [0, 0.1) is 29.1 Å². The van der Waals surface area contributed by atoms with E-state index in [1.54, 1.807) is 18.2 Å². The van der Waals surface area contributed by atoms with Gasteiger partial charge in [-0.25, -0.2) is 4.90 Å². The number of hydrogen-bond acceptors (Lipinski definition) is 3. The second-order valence-electron chi connectivity index (χ2n) is 5.91. The van der Waals surface area contributed by atoms with E-state index in [1.807, 2.05) is 13.8 Å². The number of piperidine rings is 1. The van der Waals surface area contributed by atoms with Crippen molar-refractivity contribution in [2.24, 2.45) is 17.3 Å². The molecular formula is C16H14ClNO3. The predicted octanol–water partition coefficient (Wildman–Crippen LogP) is 1.83. The average Bonchev–Trinajstić information content (AvgIpc) is 2.88. The van der Waals surface area contributed by atoms with E-state index < -0.39 is 0 Å². The largest absolute Gasteiger partial charge is 0.384 e. The van der Waals surface area contributed by atoms with Crippen molar-refractivity contribution < 1.29 is 14.7 Å². The number of carbonyl (C=O) groups excluding carboxylic acids is 2. The Morgan fingerprint density at radius 3 is 2.48 bits per heavy atom. The quantitative estimate of drug-likeness (QED) is 0.636. The molecule has 2 fully saturated rings. The van der Waals surface area contributed by atoms with Crippen molar-refractivity contribution in [2.75, 3.05) is 11.5 Å². The zero-order chi connectivity index (χ0) is 15.4. The Morgan fingerprint density at radius 1 is 1.29 bits per heavy atom. The fourth-order valence-electron chi connectivity index (χ4n) is 3.11. The molecule has 21 heavy (non-hydrogen) atoms. The van der Waals surface area contributed by atoms with Crippen molar-refractivity contribution in [3.8, 4) is 11.8 Å². The number of benzene rings is 1. The van der Waals surface area contributed by atoms with Crippen molar-refractivity contribution in [1.29, 1.82) is 0 Å². The number of anilines is 1. The maximum absolute atomic E-state index is 12.5. The number of aliphatic hydroxyl groups excluding tert-OH is 1. The van der Waals surface area contributed by atoms with Gasteiger partial charge in [-0.15, -0.1) is 0 Å². The Morgan fingerprint density at radius 2 is 1.90 bits per heavy atom. The maximum atomic E-state index is 12.5. The van der Waals surface area contributed by atoms with Gasteiger partial charge in [0.2, 0.25) is 11.8 Å². The van der Waals surface area contributed by atoms with Crippen LogP contribution in [-0.2, 0) is 9.59 Å². The van der Waals surface area contributed by atoms with Crippen LogP contribution in [0.4, 0.5) is 5.69 Å². The molecular weight excluding hydrogens is 290 g/mol. The van der Waals surface area contributed by atoms with Crippen molar-refractivity contribution in [1.82, 2.24) is 0 Å². The molecule has 108 valence electrons. The molecule has 1 saturated heterocycles. The van der Waals surface area contributed by atoms with E-state index in [2.05, 4.69) is 11.8 Å². The Labute approximate surface area is 127 Å². The van der Waals surface area contributed by atoms with E-state index >= 15 is 0 Å². The zero-order valence-corrected chi connectivity index (χ0v) is 12.4. The maximum Gasteiger partial charge on any atom is 0.238 e. The Kier molecular flexibility index (Phi) is 3.09. The van der Waals surface area contributed by atoms with Gasteiger partial charge in [0.15, 0.2) is 0 Å².